The molecule has 11 heavy (non-hydrogen) atoms. The molecule has 3 heteroatoms. The maximum Gasteiger partial charge on any atom is 0.152 e. The summed E-state index contributed by atoms with van der Waals surface area (Å²) in [6, 6.07) is 3.93. The van der Waals surface area contributed by atoms with Crippen molar-refractivity contribution in [3.05, 3.63) is 0 Å². The maximum atomic E-state index is 9.47. The van der Waals surface area contributed by atoms with Crippen LogP contribution in [-0.4, -0.2) is 10.7 Å². The number of aliphatic hydroxyl groups is 1. The highest BCUT2D eigenvalue weighted by Crippen LogP contribution is 2.31. The van der Waals surface area contributed by atoms with Crippen LogP contribution >= 0.6 is 0 Å². The molecule has 0 aromatic rings. The molecular formula is C8H10N2O. The van der Waals surface area contributed by atoms with Gasteiger partial charge in [-0.15, -0.1) is 0 Å². The second-order valence-corrected chi connectivity index (χ2v) is 3.07. The molecule has 0 bridgehead atoms. The van der Waals surface area contributed by atoms with Crippen LogP contribution in [0.25, 0.3) is 0 Å². The molecule has 1 aliphatic carbocycles. The standard InChI is InChI=1S/C8H10N2O/c9-5-7-2-1-3-8(11,4-7)6-10/h7,11H,1-4H2. The zero-order valence-corrected chi connectivity index (χ0v) is 6.25. The fourth-order valence-electron chi connectivity index (χ4n) is 1.46. The van der Waals surface area contributed by atoms with Crippen LogP contribution in [0.2, 0.25) is 0 Å². The Morgan fingerprint density at radius 2 is 2.18 bits per heavy atom. The summed E-state index contributed by atoms with van der Waals surface area (Å²) in [6.07, 6.45) is 2.43. The van der Waals surface area contributed by atoms with E-state index < -0.39 is 5.60 Å². The average Bonchev–Trinajstić information content (AvgIpc) is 2.05. The fourth-order valence-corrected chi connectivity index (χ4v) is 1.46. The number of rotatable bonds is 0. The molecular weight excluding hydrogens is 140 g/mol. The molecule has 1 N–H and O–H groups in total. The first kappa shape index (κ1) is 8.04. The van der Waals surface area contributed by atoms with Crippen molar-refractivity contribution in [3.8, 4) is 12.1 Å². The Labute approximate surface area is 65.9 Å². The van der Waals surface area contributed by atoms with Crippen molar-refractivity contribution in [1.82, 2.24) is 0 Å². The lowest BCUT2D eigenvalue weighted by Gasteiger charge is -2.27. The Morgan fingerprint density at radius 1 is 1.45 bits per heavy atom. The van der Waals surface area contributed by atoms with Crippen molar-refractivity contribution in [1.29, 1.82) is 10.5 Å². The van der Waals surface area contributed by atoms with Crippen LogP contribution in [-0.2, 0) is 0 Å². The van der Waals surface area contributed by atoms with E-state index in [2.05, 4.69) is 6.07 Å². The first-order valence-electron chi connectivity index (χ1n) is 3.73. The van der Waals surface area contributed by atoms with Crippen molar-refractivity contribution < 1.29 is 5.11 Å². The van der Waals surface area contributed by atoms with Gasteiger partial charge in [-0.25, -0.2) is 0 Å². The highest BCUT2D eigenvalue weighted by atomic mass is 16.3. The van der Waals surface area contributed by atoms with Crippen molar-refractivity contribution in [2.24, 2.45) is 5.92 Å². The second-order valence-electron chi connectivity index (χ2n) is 3.07. The van der Waals surface area contributed by atoms with Gasteiger partial charge in [-0.1, -0.05) is 0 Å². The fraction of sp³-hybridized carbons (Fsp3) is 0.750. The van der Waals surface area contributed by atoms with E-state index in [1.807, 2.05) is 6.07 Å². The van der Waals surface area contributed by atoms with Gasteiger partial charge in [0.15, 0.2) is 5.60 Å². The second kappa shape index (κ2) is 2.90. The average molecular weight is 150 g/mol. The van der Waals surface area contributed by atoms with Crippen LogP contribution < -0.4 is 0 Å². The van der Waals surface area contributed by atoms with Crippen LogP contribution in [0, 0.1) is 28.6 Å². The van der Waals surface area contributed by atoms with Crippen LogP contribution in [0.4, 0.5) is 0 Å². The molecule has 0 saturated heterocycles. The Hall–Kier alpha value is -1.06. The third-order valence-corrected chi connectivity index (χ3v) is 2.12. The molecule has 0 amide bonds. The lowest BCUT2D eigenvalue weighted by molar-refractivity contribution is 0.0458. The predicted octanol–water partition coefficient (Wildman–Crippen LogP) is 0.955. The molecule has 2 unspecified atom stereocenters. The third-order valence-electron chi connectivity index (χ3n) is 2.12. The summed E-state index contributed by atoms with van der Waals surface area (Å²) in [7, 11) is 0. The molecule has 1 fully saturated rings. The largest absolute Gasteiger partial charge is 0.375 e. The normalized spacial score (nSPS) is 37.2. The molecule has 0 aliphatic heterocycles. The van der Waals surface area contributed by atoms with Crippen molar-refractivity contribution in [2.45, 2.75) is 31.3 Å². The summed E-state index contributed by atoms with van der Waals surface area (Å²) in [4.78, 5) is 0. The number of hydrogen-bond acceptors (Lipinski definition) is 3. The topological polar surface area (TPSA) is 67.8 Å². The monoisotopic (exact) mass is 150 g/mol. The molecule has 1 rings (SSSR count). The molecule has 58 valence electrons. The van der Waals surface area contributed by atoms with Gasteiger partial charge in [0, 0.05) is 6.42 Å². The minimum atomic E-state index is -1.22. The summed E-state index contributed by atoms with van der Waals surface area (Å²) in [5.41, 5.74) is -1.22. The first-order chi connectivity index (χ1) is 5.20. The van der Waals surface area contributed by atoms with Crippen LogP contribution in [0.5, 0.6) is 0 Å². The van der Waals surface area contributed by atoms with Crippen molar-refractivity contribution >= 4 is 0 Å². The molecule has 3 nitrogen and oxygen atoms in total. The predicted molar refractivity (Wildman–Crippen MR) is 38.1 cm³/mol. The van der Waals surface area contributed by atoms with Crippen LogP contribution in [0.1, 0.15) is 25.7 Å². The molecule has 1 saturated carbocycles. The van der Waals surface area contributed by atoms with Gasteiger partial charge in [0.05, 0.1) is 18.1 Å². The van der Waals surface area contributed by atoms with Gasteiger partial charge in [0.2, 0.25) is 0 Å². The van der Waals surface area contributed by atoms with E-state index in [0.29, 0.717) is 12.8 Å². The number of nitrogens with zero attached hydrogens (tertiary/aromatic N) is 2. The van der Waals surface area contributed by atoms with Gasteiger partial charge in [0.25, 0.3) is 0 Å². The first-order valence-corrected chi connectivity index (χ1v) is 3.73. The number of nitriles is 2. The van der Waals surface area contributed by atoms with E-state index in [4.69, 9.17) is 10.5 Å². The van der Waals surface area contributed by atoms with Crippen LogP contribution in [0.3, 0.4) is 0 Å². The zero-order valence-electron chi connectivity index (χ0n) is 6.25. The van der Waals surface area contributed by atoms with E-state index in [1.54, 1.807) is 0 Å². The molecule has 0 radical (unpaired) electrons. The smallest absolute Gasteiger partial charge is 0.152 e. The van der Waals surface area contributed by atoms with Gasteiger partial charge in [-0.05, 0) is 19.3 Å². The molecule has 0 spiro atoms. The van der Waals surface area contributed by atoms with E-state index in [9.17, 15) is 5.11 Å². The Bertz CT molecular complexity index is 225. The van der Waals surface area contributed by atoms with Crippen molar-refractivity contribution in [2.75, 3.05) is 0 Å². The van der Waals surface area contributed by atoms with Gasteiger partial charge in [0.1, 0.15) is 0 Å². The van der Waals surface area contributed by atoms with Gasteiger partial charge >= 0.3 is 0 Å². The summed E-state index contributed by atoms with van der Waals surface area (Å²) >= 11 is 0. The highest BCUT2D eigenvalue weighted by Gasteiger charge is 2.34. The summed E-state index contributed by atoms with van der Waals surface area (Å²) < 4.78 is 0. The lowest BCUT2D eigenvalue weighted by atomic mass is 9.80. The van der Waals surface area contributed by atoms with E-state index in [-0.39, 0.29) is 5.92 Å². The zero-order chi connectivity index (χ0) is 8.32. The van der Waals surface area contributed by atoms with E-state index in [1.165, 1.54) is 0 Å². The quantitative estimate of drug-likeness (QED) is 0.523. The molecule has 2 atom stereocenters. The molecule has 0 heterocycles. The summed E-state index contributed by atoms with van der Waals surface area (Å²) in [5.74, 6) is -0.131. The van der Waals surface area contributed by atoms with Crippen LogP contribution in [0.15, 0.2) is 0 Å². The number of hydrogen-bond donors (Lipinski definition) is 1. The third kappa shape index (κ3) is 1.69. The molecule has 1 aliphatic rings. The maximum absolute atomic E-state index is 9.47. The van der Waals surface area contributed by atoms with Gasteiger partial charge in [-0.3, -0.25) is 0 Å². The summed E-state index contributed by atoms with van der Waals surface area (Å²) in [6.45, 7) is 0. The Kier molecular flexibility index (Phi) is 2.12. The minimum Gasteiger partial charge on any atom is -0.375 e. The van der Waals surface area contributed by atoms with Crippen molar-refractivity contribution in [3.63, 3.8) is 0 Å². The Morgan fingerprint density at radius 3 is 2.73 bits per heavy atom. The van der Waals surface area contributed by atoms with E-state index in [0.717, 1.165) is 12.8 Å². The lowest BCUT2D eigenvalue weighted by Crippen LogP contribution is -2.32. The Balaban J connectivity index is 2.62. The summed E-state index contributed by atoms with van der Waals surface area (Å²) in [5, 5.41) is 26.6. The minimum absolute atomic E-state index is 0.131. The van der Waals surface area contributed by atoms with Gasteiger partial charge in [-0.2, -0.15) is 10.5 Å². The molecule has 0 aromatic carbocycles. The molecule has 0 aromatic heterocycles. The highest BCUT2D eigenvalue weighted by molar-refractivity contribution is 5.06. The van der Waals surface area contributed by atoms with Gasteiger partial charge < -0.3 is 5.11 Å². The SMILES string of the molecule is N#CC1CCCC(O)(C#N)C1. The van der Waals surface area contributed by atoms with E-state index >= 15 is 0 Å².